The smallest absolute Gasteiger partial charge is 0.410 e. The van der Waals surface area contributed by atoms with Crippen molar-refractivity contribution in [2.75, 3.05) is 32.7 Å². The zero-order chi connectivity index (χ0) is 26.9. The summed E-state index contributed by atoms with van der Waals surface area (Å²) in [6.07, 6.45) is 8.13. The van der Waals surface area contributed by atoms with E-state index in [-0.39, 0.29) is 6.09 Å². The first-order valence-electron chi connectivity index (χ1n) is 13.9. The minimum atomic E-state index is -0.488. The summed E-state index contributed by atoms with van der Waals surface area (Å²) in [6, 6.07) is 10.9. The minimum Gasteiger partial charge on any atom is -0.444 e. The molecule has 3 heterocycles. The maximum Gasteiger partial charge on any atom is 0.410 e. The number of aryl methyl sites for hydroxylation is 1. The Balaban J connectivity index is 1.13. The first kappa shape index (κ1) is 27.1. The van der Waals surface area contributed by atoms with Gasteiger partial charge in [0, 0.05) is 55.4 Å². The van der Waals surface area contributed by atoms with Crippen LogP contribution < -0.4 is 0 Å². The van der Waals surface area contributed by atoms with Gasteiger partial charge in [-0.05, 0) is 80.8 Å². The highest BCUT2D eigenvalue weighted by molar-refractivity contribution is 9.10. The van der Waals surface area contributed by atoms with Gasteiger partial charge in [0.25, 0.3) is 0 Å². The largest absolute Gasteiger partial charge is 0.444 e. The Morgan fingerprint density at radius 3 is 2.63 bits per heavy atom. The molecule has 2 aliphatic rings. The molecule has 5 rings (SSSR count). The first-order valence-corrected chi connectivity index (χ1v) is 14.7. The van der Waals surface area contributed by atoms with Gasteiger partial charge in [0.05, 0.1) is 11.1 Å². The molecule has 1 aliphatic carbocycles. The summed E-state index contributed by atoms with van der Waals surface area (Å²) >= 11 is 3.72. The van der Waals surface area contributed by atoms with Crippen molar-refractivity contribution in [3.05, 3.63) is 58.6 Å². The summed E-state index contributed by atoms with van der Waals surface area (Å²) in [4.78, 5) is 26.4. The molecule has 2 fully saturated rings. The molecule has 2 unspecified atom stereocenters. The van der Waals surface area contributed by atoms with Gasteiger partial charge in [-0.2, -0.15) is 0 Å². The number of carbonyl (C=O) groups excluding carboxylic acids is 1. The number of amides is 1. The number of nitrogens with zero attached hydrogens (tertiary/aromatic N) is 5. The van der Waals surface area contributed by atoms with Gasteiger partial charge in [0.1, 0.15) is 17.6 Å². The summed E-state index contributed by atoms with van der Waals surface area (Å²) < 4.78 is 9.19. The van der Waals surface area contributed by atoms with Gasteiger partial charge in [-0.25, -0.2) is 14.8 Å². The Morgan fingerprint density at radius 2 is 1.89 bits per heavy atom. The van der Waals surface area contributed by atoms with Crippen LogP contribution in [-0.2, 0) is 11.2 Å². The Labute approximate surface area is 234 Å². The monoisotopic (exact) mass is 581 g/mol. The Kier molecular flexibility index (Phi) is 8.10. The molecule has 204 valence electrons. The highest BCUT2D eigenvalue weighted by Gasteiger charge is 2.35. The van der Waals surface area contributed by atoms with E-state index < -0.39 is 5.60 Å². The van der Waals surface area contributed by atoms with Crippen molar-refractivity contribution < 1.29 is 9.53 Å². The number of rotatable bonds is 8. The number of ether oxygens (including phenoxy) is 1. The van der Waals surface area contributed by atoms with E-state index in [4.69, 9.17) is 4.74 Å². The summed E-state index contributed by atoms with van der Waals surface area (Å²) in [5.74, 6) is 1.19. The molecular formula is C30H40BrN5O2. The zero-order valence-corrected chi connectivity index (χ0v) is 24.7. The van der Waals surface area contributed by atoms with E-state index >= 15 is 0 Å². The number of likely N-dealkylation sites (tertiary alicyclic amines) is 1. The zero-order valence-electron chi connectivity index (χ0n) is 23.1. The highest BCUT2D eigenvalue weighted by atomic mass is 79.9. The molecule has 0 spiro atoms. The average Bonchev–Trinajstić information content (AvgIpc) is 3.44. The lowest BCUT2D eigenvalue weighted by Crippen LogP contribution is -2.54. The van der Waals surface area contributed by atoms with Crippen LogP contribution in [0.3, 0.4) is 0 Å². The number of hydrogen-bond acceptors (Lipinski definition) is 5. The van der Waals surface area contributed by atoms with E-state index in [1.807, 2.05) is 38.7 Å². The van der Waals surface area contributed by atoms with Gasteiger partial charge < -0.3 is 19.1 Å². The van der Waals surface area contributed by atoms with Crippen LogP contribution in [0.2, 0.25) is 0 Å². The van der Waals surface area contributed by atoms with Crippen LogP contribution in [0.1, 0.15) is 57.3 Å². The predicted octanol–water partition coefficient (Wildman–Crippen LogP) is 6.26. The van der Waals surface area contributed by atoms with Gasteiger partial charge in [-0.3, -0.25) is 0 Å². The molecule has 7 nitrogen and oxygen atoms in total. The normalized spacial score (nSPS) is 20.6. The van der Waals surface area contributed by atoms with Gasteiger partial charge in [0.15, 0.2) is 0 Å². The summed E-state index contributed by atoms with van der Waals surface area (Å²) in [6.45, 7) is 12.5. The molecule has 0 N–H and O–H groups in total. The number of halogens is 1. The molecule has 1 aliphatic heterocycles. The average molecular weight is 583 g/mol. The van der Waals surface area contributed by atoms with Crippen LogP contribution in [-0.4, -0.2) is 68.8 Å². The Bertz CT molecular complexity index is 1250. The molecule has 2 aromatic heterocycles. The quantitative estimate of drug-likeness (QED) is 0.314. The molecule has 1 amide bonds. The number of benzene rings is 1. The summed E-state index contributed by atoms with van der Waals surface area (Å²) in [5, 5.41) is 1.13. The second-order valence-electron chi connectivity index (χ2n) is 12.1. The number of carbonyl (C=O) groups is 1. The highest BCUT2D eigenvalue weighted by Crippen LogP contribution is 2.39. The molecule has 8 heteroatoms. The predicted molar refractivity (Wildman–Crippen MR) is 154 cm³/mol. The van der Waals surface area contributed by atoms with Gasteiger partial charge in [-0.15, -0.1) is 0 Å². The SMILES string of the molecule is Cc1ncnc2c1c(Br)cn2C1CCC(CN2CC(CN(CCc3ccccc3)C(=O)OC(C)(C)C)C2)C1. The number of aromatic nitrogens is 3. The standard InChI is InChI=1S/C30H40BrN5O2/c1-21-27-26(31)19-36(28(27)33-20-32-21)25-11-10-23(14-25)15-34-16-24(17-34)18-35(29(37)38-30(2,3)4)13-12-22-8-6-5-7-9-22/h5-9,19-20,23-25H,10-18H2,1-4H3. The third-order valence-electron chi connectivity index (χ3n) is 7.85. The Morgan fingerprint density at radius 1 is 1.13 bits per heavy atom. The lowest BCUT2D eigenvalue weighted by molar-refractivity contribution is 0.00817. The van der Waals surface area contributed by atoms with Crippen LogP contribution in [0.15, 0.2) is 47.3 Å². The van der Waals surface area contributed by atoms with E-state index in [1.54, 1.807) is 6.33 Å². The van der Waals surface area contributed by atoms with Crippen molar-refractivity contribution in [2.24, 2.45) is 11.8 Å². The van der Waals surface area contributed by atoms with E-state index in [0.29, 0.717) is 24.4 Å². The van der Waals surface area contributed by atoms with Crippen LogP contribution >= 0.6 is 15.9 Å². The molecule has 2 atom stereocenters. The maximum absolute atomic E-state index is 13.0. The van der Waals surface area contributed by atoms with E-state index in [9.17, 15) is 4.79 Å². The molecule has 38 heavy (non-hydrogen) atoms. The maximum atomic E-state index is 13.0. The van der Waals surface area contributed by atoms with Crippen molar-refractivity contribution in [3.8, 4) is 0 Å². The van der Waals surface area contributed by atoms with Gasteiger partial charge in [-0.1, -0.05) is 30.3 Å². The van der Waals surface area contributed by atoms with Crippen LogP contribution in [0.4, 0.5) is 4.79 Å². The summed E-state index contributed by atoms with van der Waals surface area (Å²) in [5.41, 5.74) is 2.82. The van der Waals surface area contributed by atoms with Crippen LogP contribution in [0, 0.1) is 18.8 Å². The third kappa shape index (κ3) is 6.40. The van der Waals surface area contributed by atoms with Crippen LogP contribution in [0.25, 0.3) is 11.0 Å². The fraction of sp³-hybridized carbons (Fsp3) is 0.567. The molecule has 3 aromatic rings. The second kappa shape index (κ2) is 11.3. The first-order chi connectivity index (χ1) is 18.2. The topological polar surface area (TPSA) is 63.5 Å². The van der Waals surface area contributed by atoms with Crippen LogP contribution in [0.5, 0.6) is 0 Å². The summed E-state index contributed by atoms with van der Waals surface area (Å²) in [7, 11) is 0. The lowest BCUT2D eigenvalue weighted by Gasteiger charge is -2.43. The second-order valence-corrected chi connectivity index (χ2v) is 13.0. The number of fused-ring (bicyclic) bond motifs is 1. The molecular weight excluding hydrogens is 542 g/mol. The van der Waals surface area contributed by atoms with Crippen molar-refractivity contribution in [2.45, 2.75) is 65.0 Å². The van der Waals surface area contributed by atoms with E-state index in [0.717, 1.165) is 53.8 Å². The molecule has 1 saturated carbocycles. The minimum absolute atomic E-state index is 0.199. The van der Waals surface area contributed by atoms with Gasteiger partial charge >= 0.3 is 6.09 Å². The third-order valence-corrected chi connectivity index (χ3v) is 8.45. The van der Waals surface area contributed by atoms with Crippen molar-refractivity contribution >= 4 is 33.1 Å². The molecule has 1 saturated heterocycles. The van der Waals surface area contributed by atoms with Crippen molar-refractivity contribution in [1.82, 2.24) is 24.3 Å². The van der Waals surface area contributed by atoms with Gasteiger partial charge in [0.2, 0.25) is 0 Å². The van der Waals surface area contributed by atoms with Crippen molar-refractivity contribution in [1.29, 1.82) is 0 Å². The fourth-order valence-corrected chi connectivity index (χ4v) is 6.72. The fourth-order valence-electron chi connectivity index (χ4n) is 6.04. The molecule has 1 aromatic carbocycles. The Hall–Kier alpha value is -2.45. The van der Waals surface area contributed by atoms with E-state index in [2.05, 4.69) is 65.8 Å². The lowest BCUT2D eigenvalue weighted by atomic mass is 9.96. The molecule has 0 radical (unpaired) electrons. The van der Waals surface area contributed by atoms with Crippen molar-refractivity contribution in [3.63, 3.8) is 0 Å². The number of hydrogen-bond donors (Lipinski definition) is 0. The van der Waals surface area contributed by atoms with E-state index in [1.165, 1.54) is 24.8 Å². The molecule has 0 bridgehead atoms.